The molecule has 0 unspecified atom stereocenters. The lowest BCUT2D eigenvalue weighted by Crippen LogP contribution is -2.38. The molecular formula is C29H24F3N7O5S2. The lowest BCUT2D eigenvalue weighted by atomic mass is 10.0. The Morgan fingerprint density at radius 3 is 2.26 bits per heavy atom. The van der Waals surface area contributed by atoms with Gasteiger partial charge in [-0.15, -0.1) is 10.2 Å². The zero-order valence-electron chi connectivity index (χ0n) is 23.8. The van der Waals surface area contributed by atoms with Crippen molar-refractivity contribution in [3.8, 4) is 27.4 Å². The van der Waals surface area contributed by atoms with Crippen molar-refractivity contribution in [2.75, 3.05) is 17.2 Å². The SMILES string of the molecule is Cc1nn(-c2cccc(-c3nnc(N)s3)c2)c2c1CCN(c1ccc(-c3ccccc3S(N)(=O)=O)cc1)C2=O.O=C(O)C(F)(F)F. The quantitative estimate of drug-likeness (QED) is 0.243. The van der Waals surface area contributed by atoms with Crippen LogP contribution in [0.25, 0.3) is 27.4 Å². The van der Waals surface area contributed by atoms with Crippen molar-refractivity contribution < 1.29 is 36.3 Å². The maximum absolute atomic E-state index is 13.9. The normalized spacial score (nSPS) is 13.2. The number of sulfonamides is 1. The summed E-state index contributed by atoms with van der Waals surface area (Å²) < 4.78 is 57.5. The van der Waals surface area contributed by atoms with Crippen molar-refractivity contribution in [3.63, 3.8) is 0 Å². The van der Waals surface area contributed by atoms with E-state index in [-0.39, 0.29) is 10.8 Å². The summed E-state index contributed by atoms with van der Waals surface area (Å²) in [6.07, 6.45) is -4.43. The highest BCUT2D eigenvalue weighted by molar-refractivity contribution is 7.89. The molecule has 17 heteroatoms. The van der Waals surface area contributed by atoms with Crippen LogP contribution in [0.3, 0.4) is 0 Å². The van der Waals surface area contributed by atoms with Gasteiger partial charge in [-0.05, 0) is 49.2 Å². The van der Waals surface area contributed by atoms with Crippen LogP contribution in [0.5, 0.6) is 0 Å². The number of rotatable bonds is 5. The standard InChI is InChI=1S/C27H23N7O3S2.C2HF3O2/c1-16-21-13-14-33(19-11-9-17(10-12-19)22-7-2-3-8-23(22)39(29,36)37)26(35)24(21)34(32-16)20-6-4-5-18(15-20)25-30-31-27(28)38-25;3-2(4,5)1(6)7/h2-12,15H,13-14H2,1H3,(H2,28,31)(H2,29,36,37);(H,6,7). The Morgan fingerprint density at radius 1 is 0.978 bits per heavy atom. The average Bonchev–Trinajstić information content (AvgIpc) is 3.60. The third-order valence-electron chi connectivity index (χ3n) is 6.92. The lowest BCUT2D eigenvalue weighted by Gasteiger charge is -2.28. The molecule has 0 aliphatic carbocycles. The van der Waals surface area contributed by atoms with Crippen LogP contribution < -0.4 is 15.8 Å². The fraction of sp³-hybridized carbons (Fsp3) is 0.138. The number of anilines is 2. The van der Waals surface area contributed by atoms with Gasteiger partial charge in [0.2, 0.25) is 15.2 Å². The molecule has 238 valence electrons. The number of amides is 1. The first-order valence-electron chi connectivity index (χ1n) is 13.3. The second-order valence-electron chi connectivity index (χ2n) is 9.92. The van der Waals surface area contributed by atoms with Gasteiger partial charge in [-0.25, -0.2) is 23.0 Å². The third kappa shape index (κ3) is 6.60. The highest BCUT2D eigenvalue weighted by Crippen LogP contribution is 2.33. The fourth-order valence-electron chi connectivity index (χ4n) is 4.86. The molecule has 0 bridgehead atoms. The topological polar surface area (TPSA) is 187 Å². The molecule has 0 atom stereocenters. The van der Waals surface area contributed by atoms with Crippen LogP contribution in [-0.2, 0) is 21.2 Å². The van der Waals surface area contributed by atoms with Gasteiger partial charge in [0.1, 0.15) is 10.7 Å². The molecule has 0 spiro atoms. The Kier molecular flexibility index (Phi) is 8.66. The number of hydrogen-bond acceptors (Lipinski definition) is 9. The highest BCUT2D eigenvalue weighted by Gasteiger charge is 2.38. The summed E-state index contributed by atoms with van der Waals surface area (Å²) in [5.74, 6) is -2.92. The van der Waals surface area contributed by atoms with Crippen LogP contribution in [0.2, 0.25) is 0 Å². The molecule has 1 aliphatic rings. The number of carbonyl (C=O) groups is 2. The predicted molar refractivity (Wildman–Crippen MR) is 164 cm³/mol. The maximum Gasteiger partial charge on any atom is 0.490 e. The van der Waals surface area contributed by atoms with Crippen molar-refractivity contribution in [1.82, 2.24) is 20.0 Å². The molecule has 1 aliphatic heterocycles. The van der Waals surface area contributed by atoms with Gasteiger partial charge in [0.25, 0.3) is 5.91 Å². The van der Waals surface area contributed by atoms with E-state index in [0.717, 1.165) is 22.5 Å². The summed E-state index contributed by atoms with van der Waals surface area (Å²) in [6.45, 7) is 2.40. The number of nitrogen functional groups attached to an aromatic ring is 1. The van der Waals surface area contributed by atoms with Crippen LogP contribution in [0.4, 0.5) is 24.0 Å². The zero-order valence-corrected chi connectivity index (χ0v) is 25.4. The number of halogens is 3. The van der Waals surface area contributed by atoms with E-state index in [0.29, 0.717) is 45.6 Å². The van der Waals surface area contributed by atoms with E-state index in [1.165, 1.54) is 17.4 Å². The molecule has 5 N–H and O–H groups in total. The molecule has 0 radical (unpaired) electrons. The van der Waals surface area contributed by atoms with E-state index in [1.807, 2.05) is 43.3 Å². The van der Waals surface area contributed by atoms with Gasteiger partial charge in [0, 0.05) is 28.9 Å². The van der Waals surface area contributed by atoms with Crippen LogP contribution >= 0.6 is 11.3 Å². The molecule has 46 heavy (non-hydrogen) atoms. The first-order valence-corrected chi connectivity index (χ1v) is 15.6. The van der Waals surface area contributed by atoms with Crippen molar-refractivity contribution >= 4 is 44.1 Å². The number of benzene rings is 3. The molecular weight excluding hydrogens is 647 g/mol. The van der Waals surface area contributed by atoms with Gasteiger partial charge >= 0.3 is 12.1 Å². The van der Waals surface area contributed by atoms with Gasteiger partial charge < -0.3 is 15.7 Å². The molecule has 12 nitrogen and oxygen atoms in total. The summed E-state index contributed by atoms with van der Waals surface area (Å²) in [5.41, 5.74) is 11.4. The van der Waals surface area contributed by atoms with Gasteiger partial charge in [-0.1, -0.05) is 53.8 Å². The predicted octanol–water partition coefficient (Wildman–Crippen LogP) is 4.43. The maximum atomic E-state index is 13.9. The summed E-state index contributed by atoms with van der Waals surface area (Å²) in [6, 6.07) is 21.4. The Bertz CT molecular complexity index is 2060. The number of nitrogens with two attached hydrogens (primary N) is 2. The molecule has 3 heterocycles. The number of carbonyl (C=O) groups excluding carboxylic acids is 1. The number of primary sulfonamides is 1. The number of alkyl halides is 3. The summed E-state index contributed by atoms with van der Waals surface area (Å²) in [7, 11) is -3.89. The van der Waals surface area contributed by atoms with E-state index in [1.54, 1.807) is 39.9 Å². The first-order chi connectivity index (χ1) is 21.6. The van der Waals surface area contributed by atoms with Gasteiger partial charge in [0.15, 0.2) is 0 Å². The molecule has 1 amide bonds. The van der Waals surface area contributed by atoms with Crippen LogP contribution in [0, 0.1) is 6.92 Å². The van der Waals surface area contributed by atoms with Crippen molar-refractivity contribution in [1.29, 1.82) is 0 Å². The molecule has 5 aromatic rings. The monoisotopic (exact) mass is 671 g/mol. The Hall–Kier alpha value is -5.13. The molecule has 0 saturated heterocycles. The van der Waals surface area contributed by atoms with E-state index >= 15 is 0 Å². The molecule has 6 rings (SSSR count). The fourth-order valence-corrected chi connectivity index (χ4v) is 6.23. The number of nitrogens with zero attached hydrogens (tertiary/aromatic N) is 5. The lowest BCUT2D eigenvalue weighted by molar-refractivity contribution is -0.192. The van der Waals surface area contributed by atoms with Crippen LogP contribution in [-0.4, -0.2) is 58.1 Å². The zero-order chi connectivity index (χ0) is 33.4. The third-order valence-corrected chi connectivity index (χ3v) is 8.69. The molecule has 0 saturated carbocycles. The van der Waals surface area contributed by atoms with Crippen molar-refractivity contribution in [2.45, 2.75) is 24.4 Å². The van der Waals surface area contributed by atoms with E-state index < -0.39 is 22.2 Å². The summed E-state index contributed by atoms with van der Waals surface area (Å²) in [5, 5.41) is 26.3. The van der Waals surface area contributed by atoms with Gasteiger partial charge in [-0.3, -0.25) is 4.79 Å². The van der Waals surface area contributed by atoms with E-state index in [2.05, 4.69) is 10.2 Å². The average molecular weight is 672 g/mol. The van der Waals surface area contributed by atoms with Gasteiger partial charge in [0.05, 0.1) is 16.3 Å². The first kappa shape index (κ1) is 32.3. The largest absolute Gasteiger partial charge is 0.490 e. The number of carboxylic acids is 1. The second kappa shape index (κ2) is 12.3. The smallest absolute Gasteiger partial charge is 0.475 e. The molecule has 0 fully saturated rings. The van der Waals surface area contributed by atoms with Crippen molar-refractivity contribution in [2.24, 2.45) is 5.14 Å². The number of aliphatic carboxylic acids is 1. The molecule has 3 aromatic carbocycles. The Labute approximate surface area is 263 Å². The number of hydrogen-bond donors (Lipinski definition) is 3. The minimum absolute atomic E-state index is 0.0502. The number of fused-ring (bicyclic) bond motifs is 1. The second-order valence-corrected chi connectivity index (χ2v) is 12.5. The van der Waals surface area contributed by atoms with Crippen LogP contribution in [0.15, 0.2) is 77.7 Å². The summed E-state index contributed by atoms with van der Waals surface area (Å²) >= 11 is 1.29. The Morgan fingerprint density at radius 2 is 1.65 bits per heavy atom. The van der Waals surface area contributed by atoms with Gasteiger partial charge in [-0.2, -0.15) is 18.3 Å². The Balaban J connectivity index is 0.000000537. The molecule has 2 aromatic heterocycles. The number of carboxylic acid groups (broad SMARTS) is 1. The minimum Gasteiger partial charge on any atom is -0.475 e. The highest BCUT2D eigenvalue weighted by atomic mass is 32.2. The van der Waals surface area contributed by atoms with E-state index in [4.69, 9.17) is 25.9 Å². The van der Waals surface area contributed by atoms with Crippen molar-refractivity contribution in [3.05, 3.63) is 89.7 Å². The number of aryl methyl sites for hydroxylation is 1. The van der Waals surface area contributed by atoms with E-state index in [9.17, 15) is 26.4 Å². The summed E-state index contributed by atoms with van der Waals surface area (Å²) in [4.78, 5) is 24.5. The number of aromatic nitrogens is 4. The van der Waals surface area contributed by atoms with Crippen LogP contribution in [0.1, 0.15) is 21.7 Å². The minimum atomic E-state index is -5.08.